The average Bonchev–Trinajstić information content (AvgIpc) is 3.34. The lowest BCUT2D eigenvalue weighted by Gasteiger charge is -2.14. The van der Waals surface area contributed by atoms with Gasteiger partial charge in [0.15, 0.2) is 0 Å². The average molecular weight is 382 g/mol. The molecule has 0 aliphatic carbocycles. The Morgan fingerprint density at radius 2 is 2.04 bits per heavy atom. The summed E-state index contributed by atoms with van der Waals surface area (Å²) >= 11 is 0. The maximum Gasteiger partial charge on any atom is 0.338 e. The Morgan fingerprint density at radius 1 is 1.21 bits per heavy atom. The number of esters is 1. The third-order valence-electron chi connectivity index (χ3n) is 5.28. The monoisotopic (exact) mass is 382 g/mol. The number of halogens is 1. The number of pyridine rings is 1. The lowest BCUT2D eigenvalue weighted by atomic mass is 10.0. The zero-order valence-corrected chi connectivity index (χ0v) is 15.9. The van der Waals surface area contributed by atoms with Gasteiger partial charge in [-0.15, -0.1) is 0 Å². The van der Waals surface area contributed by atoms with Gasteiger partial charge >= 0.3 is 5.97 Å². The van der Waals surface area contributed by atoms with Gasteiger partial charge in [-0.1, -0.05) is 0 Å². The lowest BCUT2D eigenvalue weighted by molar-refractivity contribution is 0.0599. The quantitative estimate of drug-likeness (QED) is 0.614. The largest absolute Gasteiger partial charge is 0.465 e. The minimum absolute atomic E-state index is 0.299. The fourth-order valence-corrected chi connectivity index (χ4v) is 3.82. The van der Waals surface area contributed by atoms with E-state index in [2.05, 4.69) is 9.88 Å². The van der Waals surface area contributed by atoms with Gasteiger partial charge in [0.05, 0.1) is 30.4 Å². The molecule has 0 unspecified atom stereocenters. The van der Waals surface area contributed by atoms with E-state index < -0.39 is 5.97 Å². The van der Waals surface area contributed by atoms with Gasteiger partial charge in [-0.05, 0) is 55.8 Å². The Labute approximate surface area is 162 Å². The smallest absolute Gasteiger partial charge is 0.338 e. The number of hydrogen-bond donors (Lipinski definition) is 0. The Balaban J connectivity index is 1.67. The van der Waals surface area contributed by atoms with Crippen LogP contribution in [0.25, 0.3) is 10.9 Å². The van der Waals surface area contributed by atoms with Gasteiger partial charge in [0.2, 0.25) is 0 Å². The number of likely N-dealkylation sites (tertiary alicyclic amines) is 1. The topological polar surface area (TPSA) is 60.2 Å². The fraction of sp³-hybridized carbons (Fsp3) is 0.381. The fourth-order valence-electron chi connectivity index (χ4n) is 3.82. The molecule has 3 heterocycles. The Kier molecular flexibility index (Phi) is 5.34. The number of benzene rings is 1. The lowest BCUT2D eigenvalue weighted by Crippen LogP contribution is -2.24. The highest BCUT2D eigenvalue weighted by molar-refractivity contribution is 5.91. The van der Waals surface area contributed by atoms with Gasteiger partial charge in [-0.3, -0.25) is 9.67 Å². The maximum atomic E-state index is 13.9. The van der Waals surface area contributed by atoms with E-state index in [1.165, 1.54) is 32.1 Å². The second-order valence-electron chi connectivity index (χ2n) is 7.08. The first-order valence-corrected chi connectivity index (χ1v) is 9.54. The standard InChI is InChI=1S/C21H23FN4O2/c1-28-21(27)17-6-7-23-14-15(17)12-19-18-13-16(22)4-5-20(18)26(24-19)11-10-25-8-2-3-9-25/h4-7,13-14H,2-3,8-12H2,1H3. The van der Waals surface area contributed by atoms with Crippen LogP contribution in [0, 0.1) is 5.82 Å². The van der Waals surface area contributed by atoms with Gasteiger partial charge in [-0.25, -0.2) is 9.18 Å². The second kappa shape index (κ2) is 8.06. The third-order valence-corrected chi connectivity index (χ3v) is 5.28. The van der Waals surface area contributed by atoms with E-state index in [-0.39, 0.29) is 5.82 Å². The zero-order chi connectivity index (χ0) is 19.5. The van der Waals surface area contributed by atoms with E-state index in [0.717, 1.165) is 42.8 Å². The second-order valence-corrected chi connectivity index (χ2v) is 7.08. The molecule has 28 heavy (non-hydrogen) atoms. The summed E-state index contributed by atoms with van der Waals surface area (Å²) in [5.74, 6) is -0.714. The molecule has 1 aliphatic rings. The van der Waals surface area contributed by atoms with Crippen molar-refractivity contribution in [2.45, 2.75) is 25.8 Å². The van der Waals surface area contributed by atoms with Crippen molar-refractivity contribution in [1.29, 1.82) is 0 Å². The Hall–Kier alpha value is -2.80. The van der Waals surface area contributed by atoms with Crippen LogP contribution in [0.5, 0.6) is 0 Å². The van der Waals surface area contributed by atoms with E-state index in [9.17, 15) is 9.18 Å². The molecule has 0 N–H and O–H groups in total. The summed E-state index contributed by atoms with van der Waals surface area (Å²) in [7, 11) is 1.35. The molecule has 0 saturated carbocycles. The first-order valence-electron chi connectivity index (χ1n) is 9.54. The Bertz CT molecular complexity index is 995. The number of carbonyl (C=O) groups excluding carboxylic acids is 1. The number of ether oxygens (including phenoxy) is 1. The van der Waals surface area contributed by atoms with Gasteiger partial charge in [-0.2, -0.15) is 5.10 Å². The van der Waals surface area contributed by atoms with Crippen molar-refractivity contribution in [3.63, 3.8) is 0 Å². The van der Waals surface area contributed by atoms with Crippen LogP contribution < -0.4 is 0 Å². The van der Waals surface area contributed by atoms with Crippen LogP contribution in [0.2, 0.25) is 0 Å². The molecule has 1 aliphatic heterocycles. The summed E-state index contributed by atoms with van der Waals surface area (Å²) in [5.41, 5.74) is 2.80. The van der Waals surface area contributed by atoms with E-state index in [1.807, 2.05) is 4.68 Å². The normalized spacial score (nSPS) is 14.6. The molecular weight excluding hydrogens is 359 g/mol. The summed E-state index contributed by atoms with van der Waals surface area (Å²) in [4.78, 5) is 18.6. The maximum absolute atomic E-state index is 13.9. The summed E-state index contributed by atoms with van der Waals surface area (Å²) in [5, 5.41) is 5.52. The minimum Gasteiger partial charge on any atom is -0.465 e. The van der Waals surface area contributed by atoms with Gasteiger partial charge in [0.25, 0.3) is 0 Å². The zero-order valence-electron chi connectivity index (χ0n) is 15.9. The molecule has 1 fully saturated rings. The van der Waals surface area contributed by atoms with Crippen LogP contribution >= 0.6 is 0 Å². The van der Waals surface area contributed by atoms with Crippen molar-refractivity contribution in [1.82, 2.24) is 19.7 Å². The van der Waals surface area contributed by atoms with Crippen LogP contribution in [0.4, 0.5) is 4.39 Å². The number of nitrogens with zero attached hydrogens (tertiary/aromatic N) is 4. The molecule has 7 heteroatoms. The van der Waals surface area contributed by atoms with Crippen molar-refractivity contribution >= 4 is 16.9 Å². The van der Waals surface area contributed by atoms with Crippen molar-refractivity contribution in [2.75, 3.05) is 26.7 Å². The summed E-state index contributed by atoms with van der Waals surface area (Å²) in [6.45, 7) is 3.92. The van der Waals surface area contributed by atoms with Crippen LogP contribution in [-0.4, -0.2) is 52.4 Å². The molecule has 1 saturated heterocycles. The molecule has 146 valence electrons. The van der Waals surface area contributed by atoms with Crippen LogP contribution in [-0.2, 0) is 17.7 Å². The van der Waals surface area contributed by atoms with Crippen molar-refractivity contribution < 1.29 is 13.9 Å². The molecule has 0 spiro atoms. The van der Waals surface area contributed by atoms with E-state index in [0.29, 0.717) is 17.5 Å². The molecule has 0 atom stereocenters. The first-order chi connectivity index (χ1) is 13.7. The molecule has 0 amide bonds. The highest BCUT2D eigenvalue weighted by atomic mass is 19.1. The van der Waals surface area contributed by atoms with E-state index in [4.69, 9.17) is 9.84 Å². The van der Waals surface area contributed by atoms with E-state index >= 15 is 0 Å². The number of rotatable bonds is 6. The summed E-state index contributed by atoms with van der Waals surface area (Å²) < 4.78 is 20.7. The third kappa shape index (κ3) is 3.75. The predicted molar refractivity (Wildman–Crippen MR) is 104 cm³/mol. The molecular formula is C21H23FN4O2. The number of methoxy groups -OCH3 is 1. The van der Waals surface area contributed by atoms with Gasteiger partial charge < -0.3 is 9.64 Å². The molecule has 3 aromatic rings. The summed E-state index contributed by atoms with van der Waals surface area (Å²) in [6, 6.07) is 6.38. The minimum atomic E-state index is -0.415. The summed E-state index contributed by atoms with van der Waals surface area (Å²) in [6.07, 6.45) is 6.07. The number of aromatic nitrogens is 3. The van der Waals surface area contributed by atoms with Crippen molar-refractivity contribution in [3.8, 4) is 0 Å². The number of fused-ring (bicyclic) bond motifs is 1. The van der Waals surface area contributed by atoms with Gasteiger partial charge in [0.1, 0.15) is 5.82 Å². The van der Waals surface area contributed by atoms with Crippen molar-refractivity contribution in [2.24, 2.45) is 0 Å². The molecule has 6 nitrogen and oxygen atoms in total. The molecule has 0 bridgehead atoms. The van der Waals surface area contributed by atoms with E-state index in [1.54, 1.807) is 24.5 Å². The SMILES string of the molecule is COC(=O)c1ccncc1Cc1nn(CCN2CCCC2)c2ccc(F)cc12. The highest BCUT2D eigenvalue weighted by Crippen LogP contribution is 2.24. The molecule has 0 radical (unpaired) electrons. The number of hydrogen-bond acceptors (Lipinski definition) is 5. The van der Waals surface area contributed by atoms with Crippen molar-refractivity contribution in [3.05, 3.63) is 59.3 Å². The molecule has 2 aromatic heterocycles. The predicted octanol–water partition coefficient (Wildman–Crippen LogP) is 3.04. The molecule has 1 aromatic carbocycles. The highest BCUT2D eigenvalue weighted by Gasteiger charge is 2.18. The first kappa shape index (κ1) is 18.6. The van der Waals surface area contributed by atoms with Crippen LogP contribution in [0.15, 0.2) is 36.7 Å². The Morgan fingerprint density at radius 3 is 2.82 bits per heavy atom. The molecule has 4 rings (SSSR count). The van der Waals surface area contributed by atoms with Crippen LogP contribution in [0.1, 0.15) is 34.5 Å². The number of carbonyl (C=O) groups is 1. The van der Waals surface area contributed by atoms with Gasteiger partial charge in [0, 0.05) is 30.7 Å². The van der Waals surface area contributed by atoms with Crippen LogP contribution in [0.3, 0.4) is 0 Å².